The second kappa shape index (κ2) is 37.2. The summed E-state index contributed by atoms with van der Waals surface area (Å²) in [6.45, 7) is 0. The third-order valence-corrected chi connectivity index (χ3v) is 26.9. The smallest absolute Gasteiger partial charge is 0.0469 e. The number of benzene rings is 21. The number of aromatic nitrogens is 2. The normalized spacial score (nSPS) is 11.6. The van der Waals surface area contributed by atoms with Crippen molar-refractivity contribution in [1.29, 1.82) is 0 Å². The molecule has 0 fully saturated rings. The summed E-state index contributed by atoms with van der Waals surface area (Å²) in [5.41, 5.74) is 41.4. The molecule has 139 heavy (non-hydrogen) atoms. The zero-order valence-corrected chi connectivity index (χ0v) is 76.5. The molecule has 25 rings (SSSR count). The van der Waals surface area contributed by atoms with Crippen LogP contribution >= 0.6 is 0 Å². The Kier molecular flexibility index (Phi) is 22.4. The van der Waals surface area contributed by atoms with Crippen molar-refractivity contribution in [2.75, 3.05) is 40.0 Å². The van der Waals surface area contributed by atoms with Crippen molar-refractivity contribution in [3.05, 3.63) is 555 Å². The van der Waals surface area contributed by atoms with Gasteiger partial charge in [-0.05, 0) is 366 Å². The Morgan fingerprint density at radius 1 is 0.158 bits per heavy atom. The van der Waals surface area contributed by atoms with Crippen LogP contribution in [-0.4, -0.2) is 9.97 Å². The molecule has 0 spiro atoms. The molecule has 0 unspecified atom stereocenters. The van der Waals surface area contributed by atoms with Gasteiger partial charge in [-0.2, -0.15) is 0 Å². The number of aromatic amines is 2. The maximum absolute atomic E-state index is 3.67. The van der Waals surface area contributed by atoms with Gasteiger partial charge in [0.05, 0.1) is 0 Å². The first-order chi connectivity index (χ1) is 68.8. The van der Waals surface area contributed by atoms with Gasteiger partial charge in [0.1, 0.15) is 0 Å². The molecule has 662 valence electrons. The Hall–Kier alpha value is -18.4. The molecule has 0 saturated heterocycles. The summed E-state index contributed by atoms with van der Waals surface area (Å²) >= 11 is 0. The molecule has 0 radical (unpaired) electrons. The highest BCUT2D eigenvalue weighted by Gasteiger charge is 2.26. The van der Waals surface area contributed by atoms with E-state index in [9.17, 15) is 0 Å². The molecule has 10 heteroatoms. The minimum absolute atomic E-state index is 0.909. The van der Waals surface area contributed by atoms with Crippen LogP contribution in [0.4, 0.5) is 125 Å². The summed E-state index contributed by atoms with van der Waals surface area (Å²) in [6, 6.07) is 188. The van der Waals surface area contributed by atoms with Crippen molar-refractivity contribution in [2.24, 2.45) is 0 Å². The van der Waals surface area contributed by atoms with E-state index in [0.717, 1.165) is 166 Å². The van der Waals surface area contributed by atoms with Gasteiger partial charge in [0.2, 0.25) is 0 Å². The van der Waals surface area contributed by atoms with E-state index >= 15 is 0 Å². The molecule has 0 amide bonds. The van der Waals surface area contributed by atoms with E-state index in [-0.39, 0.29) is 0 Å². The largest absolute Gasteiger partial charge is 0.356 e. The molecule has 2 aromatic heterocycles. The number of H-pyrrole nitrogens is 2. The molecule has 10 nitrogen and oxygen atoms in total. The van der Waals surface area contributed by atoms with Gasteiger partial charge in [0.15, 0.2) is 0 Å². The molecule has 23 aromatic rings. The van der Waals surface area contributed by atoms with Gasteiger partial charge in [-0.3, -0.25) is 0 Å². The van der Waals surface area contributed by atoms with Crippen LogP contribution in [-0.2, 0) is 19.3 Å². The van der Waals surface area contributed by atoms with E-state index < -0.39 is 0 Å². The fourth-order valence-electron chi connectivity index (χ4n) is 20.2. The summed E-state index contributed by atoms with van der Waals surface area (Å²) in [7, 11) is 0. The molecule has 0 saturated carbocycles. The number of para-hydroxylation sites is 8. The van der Waals surface area contributed by atoms with Crippen LogP contribution in [0.2, 0.25) is 0 Å². The maximum Gasteiger partial charge on any atom is 0.0469 e. The van der Waals surface area contributed by atoms with Crippen LogP contribution in [0.5, 0.6) is 0 Å². The van der Waals surface area contributed by atoms with Crippen LogP contribution < -0.4 is 40.0 Å². The van der Waals surface area contributed by atoms with E-state index in [1.807, 2.05) is 0 Å². The van der Waals surface area contributed by atoms with Gasteiger partial charge in [-0.15, -0.1) is 0 Å². The summed E-state index contributed by atoms with van der Waals surface area (Å²) in [6.07, 6.45) is 2.97. The summed E-state index contributed by atoms with van der Waals surface area (Å²) in [5.74, 6) is 0. The van der Waals surface area contributed by atoms with Gasteiger partial charge in [0.25, 0.3) is 0 Å². The number of rotatable bonds is 24. The van der Waals surface area contributed by atoms with Crippen molar-refractivity contribution in [3.8, 4) is 22.3 Å². The number of hydrogen-bond acceptors (Lipinski definition) is 8. The fraction of sp³-hybridized carbons (Fsp3) is 0.0233. The lowest BCUT2D eigenvalue weighted by atomic mass is 10.0. The quantitative estimate of drug-likeness (QED) is 0.0477. The lowest BCUT2D eigenvalue weighted by Crippen LogP contribution is -2.14. The van der Waals surface area contributed by atoms with Gasteiger partial charge in [0, 0.05) is 169 Å². The first-order valence-electron chi connectivity index (χ1n) is 47.6. The fourth-order valence-corrected chi connectivity index (χ4v) is 20.2. The Morgan fingerprint density at radius 3 is 0.662 bits per heavy atom. The van der Waals surface area contributed by atoms with E-state index in [2.05, 4.69) is 572 Å². The van der Waals surface area contributed by atoms with Crippen LogP contribution in [0.15, 0.2) is 522 Å². The zero-order chi connectivity index (χ0) is 92.3. The molecule has 2 heterocycles. The molecule has 0 aliphatic heterocycles. The van der Waals surface area contributed by atoms with Gasteiger partial charge in [-0.1, -0.05) is 231 Å². The minimum Gasteiger partial charge on any atom is -0.356 e. The second-order valence-electron chi connectivity index (χ2n) is 35.6. The highest BCUT2D eigenvalue weighted by molar-refractivity contribution is 6.10. The van der Waals surface area contributed by atoms with Gasteiger partial charge >= 0.3 is 0 Å². The molecule has 0 bridgehead atoms. The lowest BCUT2D eigenvalue weighted by molar-refractivity contribution is 1.19. The third-order valence-electron chi connectivity index (χ3n) is 26.9. The minimum atomic E-state index is 0.909. The maximum atomic E-state index is 3.67. The second-order valence-corrected chi connectivity index (χ2v) is 35.6. The van der Waals surface area contributed by atoms with Crippen molar-refractivity contribution in [2.45, 2.75) is 19.3 Å². The average Bonchev–Trinajstić information content (AvgIpc) is 1.64. The summed E-state index contributed by atoms with van der Waals surface area (Å²) < 4.78 is 0. The summed E-state index contributed by atoms with van der Waals surface area (Å²) in [4.78, 5) is 21.4. The van der Waals surface area contributed by atoms with E-state index in [1.165, 1.54) is 77.2 Å². The van der Waals surface area contributed by atoms with Crippen LogP contribution in [0.1, 0.15) is 33.4 Å². The Bertz CT molecular complexity index is 7740. The van der Waals surface area contributed by atoms with Gasteiger partial charge in [-0.25, -0.2) is 0 Å². The predicted molar refractivity (Wildman–Crippen MR) is 585 cm³/mol. The number of fused-ring (bicyclic) bond motifs is 12. The molecule has 21 aromatic carbocycles. The van der Waals surface area contributed by atoms with Crippen LogP contribution in [0, 0.1) is 0 Å². The molecular formula is C129H96N10. The first-order valence-corrected chi connectivity index (χ1v) is 47.6. The van der Waals surface area contributed by atoms with Crippen LogP contribution in [0.25, 0.3) is 65.9 Å². The molecular weight excluding hydrogens is 1690 g/mol. The van der Waals surface area contributed by atoms with Crippen molar-refractivity contribution in [1.82, 2.24) is 9.97 Å². The highest BCUT2D eigenvalue weighted by Crippen LogP contribution is 2.49. The lowest BCUT2D eigenvalue weighted by Gasteiger charge is -2.31. The van der Waals surface area contributed by atoms with Gasteiger partial charge < -0.3 is 50.0 Å². The molecule has 4 N–H and O–H groups in total. The Morgan fingerprint density at radius 2 is 0.374 bits per heavy atom. The average molecular weight is 1790 g/mol. The summed E-state index contributed by atoms with van der Waals surface area (Å²) in [5, 5.41) is 11.9. The standard InChI is InChI=1S/C90H66N8.C39H30N2/c1-7-23-65(24-8-1)93(66-25-9-2-10-26-66)71-39-41-74(42-40-71)96(75-47-55-79(56-48-75)97(81-59-61-89-85(63-81)83-35-19-21-37-87(83)91-89)77-51-43-72(44-52-77)94(67-27-11-3-12-28-67)68-29-13-4-14-30-68)76-49-57-80(58-50-76)98(82-60-62-90-86(64-82)84-36-20-22-38-88(84)92-90)78-53-45-73(46-54-78)95(69-31-15-5-16-32-69)70-33-17-6-18-34-70;1-3-7-36-28(5-1)22-30-13-19-34(24-38(30)36)40-32-15-9-26(10-16-32)21-27-11-17-33(18-12-27)41-35-20-14-31-23-29-6-2-4-8-37(29)39(31)25-35/h1-64,91-92H;1-20,24-25,40-41H,21-23H2. The third kappa shape index (κ3) is 17.0. The predicted octanol–water partition coefficient (Wildman–Crippen LogP) is 35.7. The van der Waals surface area contributed by atoms with E-state index in [0.29, 0.717) is 0 Å². The SMILES string of the molecule is c1ccc(N(c2ccccc2)c2ccc(N(c3ccc(N(c4ccc(N(c5ccccc5)c5ccccc5)cc4)c4ccc5[nH]c6ccccc6c5c4)cc3)c3ccc(N(c4ccc(N(c5ccccc5)c5ccccc5)cc4)c4ccc5[nH]c6ccccc6c5c4)cc3)cc2)cc1.c1ccc2c(c1)Cc1ccc(Nc3ccc(Cc4ccc(Nc5ccc6c(c5)-c5ccccc5C6)cc4)cc3)cc1-2. The number of anilines is 22. The molecule has 2 aliphatic carbocycles. The first kappa shape index (κ1) is 83.7. The number of nitrogens with zero attached hydrogens (tertiary/aromatic N) is 6. The van der Waals surface area contributed by atoms with Crippen molar-refractivity contribution < 1.29 is 0 Å². The van der Waals surface area contributed by atoms with Crippen LogP contribution in [0.3, 0.4) is 0 Å². The van der Waals surface area contributed by atoms with Crippen molar-refractivity contribution >= 4 is 169 Å². The number of hydrogen-bond donors (Lipinski definition) is 4. The molecule has 0 atom stereocenters. The Balaban J connectivity index is 0.000000212. The van der Waals surface area contributed by atoms with E-state index in [4.69, 9.17) is 0 Å². The van der Waals surface area contributed by atoms with Crippen molar-refractivity contribution in [3.63, 3.8) is 0 Å². The monoisotopic (exact) mass is 1780 g/mol. The highest BCUT2D eigenvalue weighted by atomic mass is 15.2. The zero-order valence-electron chi connectivity index (χ0n) is 76.5. The molecule has 2 aliphatic rings. The Labute approximate surface area is 809 Å². The van der Waals surface area contributed by atoms with E-state index in [1.54, 1.807) is 0 Å². The topological polar surface area (TPSA) is 75.1 Å². The number of nitrogens with one attached hydrogen (secondary N) is 4.